The van der Waals surface area contributed by atoms with E-state index in [1.165, 1.54) is 4.90 Å². The van der Waals surface area contributed by atoms with Crippen LogP contribution in [0.2, 0.25) is 0 Å². The lowest BCUT2D eigenvalue weighted by atomic mass is 9.99. The molecule has 0 saturated carbocycles. The molecule has 9 heteroatoms. The van der Waals surface area contributed by atoms with E-state index in [2.05, 4.69) is 5.32 Å². The van der Waals surface area contributed by atoms with Crippen molar-refractivity contribution in [3.63, 3.8) is 0 Å². The summed E-state index contributed by atoms with van der Waals surface area (Å²) in [5.41, 5.74) is 1.13. The summed E-state index contributed by atoms with van der Waals surface area (Å²) in [7, 11) is 3.16. The van der Waals surface area contributed by atoms with Crippen molar-refractivity contribution in [2.24, 2.45) is 0 Å². The third-order valence-corrected chi connectivity index (χ3v) is 6.58. The van der Waals surface area contributed by atoms with Crippen molar-refractivity contribution in [2.75, 3.05) is 31.0 Å². The van der Waals surface area contributed by atoms with Crippen molar-refractivity contribution in [2.45, 2.75) is 32.0 Å². The topological polar surface area (TPSA) is 94.6 Å². The second-order valence-electron chi connectivity index (χ2n) is 9.25. The number of ether oxygens (including phenoxy) is 2. The van der Waals surface area contributed by atoms with Crippen LogP contribution in [0.5, 0.6) is 11.5 Å². The van der Waals surface area contributed by atoms with Crippen LogP contribution in [-0.4, -0.2) is 59.7 Å². The van der Waals surface area contributed by atoms with Gasteiger partial charge < -0.3 is 19.7 Å². The summed E-state index contributed by atoms with van der Waals surface area (Å²) in [6.45, 7) is 4.04. The Morgan fingerprint density at radius 3 is 2.22 bits per heavy atom. The van der Waals surface area contributed by atoms with E-state index in [0.717, 1.165) is 5.56 Å². The number of hydrogen-bond acceptors (Lipinski definition) is 5. The van der Waals surface area contributed by atoms with E-state index >= 15 is 0 Å². The van der Waals surface area contributed by atoms with Gasteiger partial charge in [-0.15, -0.1) is 0 Å². The largest absolute Gasteiger partial charge is 0.493 e. The minimum absolute atomic E-state index is 0.312. The van der Waals surface area contributed by atoms with Gasteiger partial charge in [-0.25, -0.2) is 9.59 Å². The van der Waals surface area contributed by atoms with Gasteiger partial charge in [-0.2, -0.15) is 5.06 Å². The maximum absolute atomic E-state index is 13.8. The van der Waals surface area contributed by atoms with Gasteiger partial charge in [0, 0.05) is 17.9 Å². The number of amides is 4. The summed E-state index contributed by atoms with van der Waals surface area (Å²) in [5, 5.41) is 14.5. The van der Waals surface area contributed by atoms with E-state index in [9.17, 15) is 14.8 Å². The van der Waals surface area contributed by atoms with Gasteiger partial charge in [-0.1, -0.05) is 42.5 Å². The summed E-state index contributed by atoms with van der Waals surface area (Å²) in [4.78, 5) is 30.0. The molecular formula is C28H32N4O5. The van der Waals surface area contributed by atoms with Crippen LogP contribution in [0.25, 0.3) is 0 Å². The number of nitrogens with one attached hydrogen (secondary N) is 1. The minimum Gasteiger partial charge on any atom is -0.493 e. The molecule has 0 aromatic heterocycles. The molecule has 1 saturated heterocycles. The van der Waals surface area contributed by atoms with E-state index in [1.54, 1.807) is 55.5 Å². The Morgan fingerprint density at radius 2 is 1.59 bits per heavy atom. The fraction of sp³-hybridized carbons (Fsp3) is 0.286. The van der Waals surface area contributed by atoms with Crippen LogP contribution < -0.4 is 19.7 Å². The second kappa shape index (κ2) is 10.8. The Morgan fingerprint density at radius 1 is 0.973 bits per heavy atom. The summed E-state index contributed by atoms with van der Waals surface area (Å²) in [6.07, 6.45) is -0.455. The number of carbonyl (C=O) groups excluding carboxylic acids is 2. The number of para-hydroxylation sites is 2. The first-order valence-electron chi connectivity index (χ1n) is 12.0. The number of hydroxylamine groups is 2. The SMILES string of the molecule is COc1ccc(CCN2C(=O)N(c3ccccc3)[C@@H](N(O)C(=O)Nc3ccccc3)C2(C)C)cc1OC. The number of nitrogens with zero attached hydrogens (tertiary/aromatic N) is 3. The van der Waals surface area contributed by atoms with E-state index in [1.807, 2.05) is 56.3 Å². The van der Waals surface area contributed by atoms with Crippen LogP contribution in [0.15, 0.2) is 78.9 Å². The molecule has 4 amide bonds. The third-order valence-electron chi connectivity index (χ3n) is 6.58. The molecule has 1 fully saturated rings. The molecule has 1 heterocycles. The molecule has 0 spiro atoms. The van der Waals surface area contributed by atoms with E-state index < -0.39 is 17.7 Å². The lowest BCUT2D eigenvalue weighted by Crippen LogP contribution is -2.58. The molecule has 0 unspecified atom stereocenters. The number of benzene rings is 3. The van der Waals surface area contributed by atoms with Crippen molar-refractivity contribution in [1.82, 2.24) is 9.96 Å². The summed E-state index contributed by atoms with van der Waals surface area (Å²) in [6, 6.07) is 22.5. The number of hydrogen-bond donors (Lipinski definition) is 2. The second-order valence-corrected chi connectivity index (χ2v) is 9.25. The number of rotatable bonds is 8. The fourth-order valence-electron chi connectivity index (χ4n) is 4.66. The van der Waals surface area contributed by atoms with Crippen LogP contribution in [0.3, 0.4) is 0 Å². The van der Waals surface area contributed by atoms with Crippen LogP contribution in [0.4, 0.5) is 21.0 Å². The Labute approximate surface area is 216 Å². The Balaban J connectivity index is 1.62. The van der Waals surface area contributed by atoms with Crippen LogP contribution in [0.1, 0.15) is 19.4 Å². The Kier molecular flexibility index (Phi) is 7.54. The molecule has 0 radical (unpaired) electrons. The molecule has 2 N–H and O–H groups in total. The molecule has 4 rings (SSSR count). The zero-order valence-electron chi connectivity index (χ0n) is 21.4. The molecule has 0 aliphatic carbocycles. The quantitative estimate of drug-likeness (QED) is 0.324. The molecule has 1 atom stereocenters. The number of methoxy groups -OCH3 is 2. The summed E-state index contributed by atoms with van der Waals surface area (Å²) < 4.78 is 10.7. The van der Waals surface area contributed by atoms with Gasteiger partial charge in [0.25, 0.3) is 0 Å². The van der Waals surface area contributed by atoms with E-state index in [-0.39, 0.29) is 6.03 Å². The molecule has 1 aliphatic rings. The number of anilines is 2. The maximum atomic E-state index is 13.8. The van der Waals surface area contributed by atoms with Crippen molar-refractivity contribution in [3.8, 4) is 11.5 Å². The highest BCUT2D eigenvalue weighted by Crippen LogP contribution is 2.38. The zero-order valence-corrected chi connectivity index (χ0v) is 21.4. The highest BCUT2D eigenvalue weighted by atomic mass is 16.5. The number of carbonyl (C=O) groups is 2. The maximum Gasteiger partial charge on any atom is 0.347 e. The van der Waals surface area contributed by atoms with Crippen LogP contribution >= 0.6 is 0 Å². The first-order chi connectivity index (χ1) is 17.8. The lowest BCUT2D eigenvalue weighted by Gasteiger charge is -2.38. The normalized spacial score (nSPS) is 16.5. The molecule has 0 bridgehead atoms. The molecule has 9 nitrogen and oxygen atoms in total. The minimum atomic E-state index is -0.989. The van der Waals surface area contributed by atoms with E-state index in [4.69, 9.17) is 9.47 Å². The Bertz CT molecular complexity index is 1240. The monoisotopic (exact) mass is 504 g/mol. The van der Waals surface area contributed by atoms with Gasteiger partial charge in [0.05, 0.1) is 19.8 Å². The predicted molar refractivity (Wildman–Crippen MR) is 141 cm³/mol. The van der Waals surface area contributed by atoms with Crippen LogP contribution in [-0.2, 0) is 6.42 Å². The van der Waals surface area contributed by atoms with Crippen molar-refractivity contribution >= 4 is 23.4 Å². The smallest absolute Gasteiger partial charge is 0.347 e. The van der Waals surface area contributed by atoms with Gasteiger partial charge >= 0.3 is 12.1 Å². The van der Waals surface area contributed by atoms with Gasteiger partial charge in [0.2, 0.25) is 0 Å². The summed E-state index contributed by atoms with van der Waals surface area (Å²) in [5.74, 6) is 1.23. The number of urea groups is 2. The van der Waals surface area contributed by atoms with E-state index in [0.29, 0.717) is 40.9 Å². The average Bonchev–Trinajstić information content (AvgIpc) is 3.11. The van der Waals surface area contributed by atoms with Gasteiger partial charge in [0.1, 0.15) is 0 Å². The summed E-state index contributed by atoms with van der Waals surface area (Å²) >= 11 is 0. The first kappa shape index (κ1) is 25.8. The molecule has 194 valence electrons. The molecule has 3 aromatic rings. The van der Waals surface area contributed by atoms with Crippen LogP contribution in [0, 0.1) is 0 Å². The highest BCUT2D eigenvalue weighted by Gasteiger charge is 2.55. The van der Waals surface area contributed by atoms with Gasteiger partial charge in [-0.3, -0.25) is 10.1 Å². The Hall–Kier alpha value is -4.24. The first-order valence-corrected chi connectivity index (χ1v) is 12.0. The lowest BCUT2D eigenvalue weighted by molar-refractivity contribution is -0.0947. The van der Waals surface area contributed by atoms with Gasteiger partial charge in [0.15, 0.2) is 17.7 Å². The molecule has 3 aromatic carbocycles. The third kappa shape index (κ3) is 5.17. The zero-order chi connectivity index (χ0) is 26.6. The van der Waals surface area contributed by atoms with Gasteiger partial charge in [-0.05, 0) is 62.2 Å². The standard InChI is InChI=1S/C28H32N4O5/c1-28(2)25(32(35)26(33)29-21-11-7-5-8-12-21)31(22-13-9-6-10-14-22)27(34)30(28)18-17-20-15-16-23(36-3)24(19-20)37-4/h5-16,19,25,35H,17-18H2,1-4H3,(H,29,33)/t25-/m0/s1. The van der Waals surface area contributed by atoms with Crippen molar-refractivity contribution in [3.05, 3.63) is 84.4 Å². The predicted octanol–water partition coefficient (Wildman–Crippen LogP) is 5.22. The average molecular weight is 505 g/mol. The highest BCUT2D eigenvalue weighted by molar-refractivity contribution is 5.98. The van der Waals surface area contributed by atoms with Crippen molar-refractivity contribution < 1.29 is 24.3 Å². The fourth-order valence-corrected chi connectivity index (χ4v) is 4.66. The molecular weight excluding hydrogens is 472 g/mol. The molecule has 37 heavy (non-hydrogen) atoms. The molecule has 1 aliphatic heterocycles. The van der Waals surface area contributed by atoms with Crippen molar-refractivity contribution in [1.29, 1.82) is 0 Å².